The Morgan fingerprint density at radius 1 is 0.895 bits per heavy atom. The minimum absolute atomic E-state index is 0.880. The van der Waals surface area contributed by atoms with E-state index < -0.39 is 0 Å². The van der Waals surface area contributed by atoms with Gasteiger partial charge < -0.3 is 4.57 Å². The fraction of sp³-hybridized carbons (Fsp3) is 0.0667. The molecule has 4 nitrogen and oxygen atoms in total. The smallest absolute Gasteiger partial charge is 0.215 e. The second-order valence-corrected chi connectivity index (χ2v) is 4.57. The van der Waals surface area contributed by atoms with Gasteiger partial charge in [-0.1, -0.05) is 18.2 Å². The maximum absolute atomic E-state index is 4.53. The first-order chi connectivity index (χ1) is 9.36. The molecule has 0 fully saturated rings. The van der Waals surface area contributed by atoms with E-state index in [1.165, 1.54) is 5.39 Å². The molecule has 0 saturated heterocycles. The summed E-state index contributed by atoms with van der Waals surface area (Å²) in [4.78, 5) is 8.97. The van der Waals surface area contributed by atoms with E-state index in [9.17, 15) is 0 Å². The number of pyridine rings is 1. The first-order valence-electron chi connectivity index (χ1n) is 6.18. The van der Waals surface area contributed by atoms with Gasteiger partial charge >= 0.3 is 0 Å². The monoisotopic (exact) mass is 248 g/mol. The van der Waals surface area contributed by atoms with Gasteiger partial charge in [0.15, 0.2) is 0 Å². The summed E-state index contributed by atoms with van der Waals surface area (Å²) in [7, 11) is 1.99. The van der Waals surface area contributed by atoms with Crippen LogP contribution >= 0.6 is 0 Å². The van der Waals surface area contributed by atoms with Crippen LogP contribution < -0.4 is 0 Å². The number of benzene rings is 1. The predicted molar refractivity (Wildman–Crippen MR) is 75.3 cm³/mol. The van der Waals surface area contributed by atoms with Crippen LogP contribution in [-0.2, 0) is 7.05 Å². The van der Waals surface area contributed by atoms with Crippen LogP contribution in [-0.4, -0.2) is 19.1 Å². The van der Waals surface area contributed by atoms with Crippen LogP contribution in [0.4, 0.5) is 0 Å². The number of hydrogen-bond acceptors (Lipinski definition) is 2. The summed E-state index contributed by atoms with van der Waals surface area (Å²) in [5, 5.41) is 2.36. The highest BCUT2D eigenvalue weighted by atomic mass is 15.2. The Kier molecular flexibility index (Phi) is 2.00. The summed E-state index contributed by atoms with van der Waals surface area (Å²) < 4.78 is 4.10. The summed E-state index contributed by atoms with van der Waals surface area (Å²) in [6.07, 6.45) is 5.57. The van der Waals surface area contributed by atoms with Gasteiger partial charge in [0, 0.05) is 36.4 Å². The number of fused-ring (bicyclic) bond motifs is 3. The molecule has 0 spiro atoms. The highest BCUT2D eigenvalue weighted by Gasteiger charge is 2.14. The number of aryl methyl sites for hydroxylation is 1. The first-order valence-corrected chi connectivity index (χ1v) is 6.18. The predicted octanol–water partition coefficient (Wildman–Crippen LogP) is 2.91. The van der Waals surface area contributed by atoms with E-state index >= 15 is 0 Å². The summed E-state index contributed by atoms with van der Waals surface area (Å²) in [5.41, 5.74) is 2.07. The van der Waals surface area contributed by atoms with E-state index in [1.807, 2.05) is 36.1 Å². The maximum atomic E-state index is 4.53. The van der Waals surface area contributed by atoms with Gasteiger partial charge in [-0.25, -0.2) is 9.97 Å². The summed E-state index contributed by atoms with van der Waals surface area (Å²) in [5.74, 6) is 0.880. The van der Waals surface area contributed by atoms with Crippen molar-refractivity contribution < 1.29 is 0 Å². The van der Waals surface area contributed by atoms with Crippen LogP contribution in [0.2, 0.25) is 0 Å². The lowest BCUT2D eigenvalue weighted by Gasteiger charge is -2.05. The van der Waals surface area contributed by atoms with E-state index in [0.29, 0.717) is 0 Å². The third-order valence-electron chi connectivity index (χ3n) is 3.43. The second-order valence-electron chi connectivity index (χ2n) is 4.57. The van der Waals surface area contributed by atoms with Gasteiger partial charge in [-0.2, -0.15) is 0 Å². The minimum Gasteiger partial charge on any atom is -0.320 e. The van der Waals surface area contributed by atoms with Gasteiger partial charge in [0.2, 0.25) is 5.95 Å². The van der Waals surface area contributed by atoms with Crippen LogP contribution in [0.1, 0.15) is 0 Å². The third kappa shape index (κ3) is 1.34. The molecule has 19 heavy (non-hydrogen) atoms. The van der Waals surface area contributed by atoms with Gasteiger partial charge in [0.05, 0.1) is 5.52 Å². The Hall–Kier alpha value is -2.62. The topological polar surface area (TPSA) is 35.6 Å². The normalized spacial score (nSPS) is 11.4. The van der Waals surface area contributed by atoms with Crippen LogP contribution in [0.15, 0.2) is 55.0 Å². The molecule has 0 aliphatic heterocycles. The Bertz CT molecular complexity index is 832. The molecule has 3 aromatic heterocycles. The van der Waals surface area contributed by atoms with Gasteiger partial charge in [0.1, 0.15) is 5.65 Å². The number of hydrogen-bond donors (Lipinski definition) is 0. The highest BCUT2D eigenvalue weighted by Crippen LogP contribution is 2.29. The summed E-state index contributed by atoms with van der Waals surface area (Å²) >= 11 is 0. The van der Waals surface area contributed by atoms with Crippen molar-refractivity contribution in [2.24, 2.45) is 7.05 Å². The zero-order valence-corrected chi connectivity index (χ0v) is 10.5. The van der Waals surface area contributed by atoms with Gasteiger partial charge in [-0.05, 0) is 18.2 Å². The molecule has 4 heteroatoms. The molecule has 92 valence electrons. The Balaban J connectivity index is 2.27. The quantitative estimate of drug-likeness (QED) is 0.519. The Morgan fingerprint density at radius 2 is 1.74 bits per heavy atom. The Labute approximate surface area is 109 Å². The van der Waals surface area contributed by atoms with Crippen molar-refractivity contribution in [2.45, 2.75) is 0 Å². The lowest BCUT2D eigenvalue weighted by Crippen LogP contribution is -2.03. The molecule has 0 N–H and O–H groups in total. The fourth-order valence-electron chi connectivity index (χ4n) is 2.57. The molecule has 4 aromatic rings. The summed E-state index contributed by atoms with van der Waals surface area (Å²) in [6.45, 7) is 0. The van der Waals surface area contributed by atoms with Crippen LogP contribution in [0, 0.1) is 0 Å². The molecule has 0 saturated carbocycles. The van der Waals surface area contributed by atoms with Gasteiger partial charge in [-0.15, -0.1) is 0 Å². The zero-order chi connectivity index (χ0) is 12.8. The van der Waals surface area contributed by atoms with Crippen molar-refractivity contribution in [3.63, 3.8) is 0 Å². The molecule has 0 aliphatic carbocycles. The van der Waals surface area contributed by atoms with Crippen molar-refractivity contribution in [1.82, 2.24) is 19.1 Å². The van der Waals surface area contributed by atoms with Crippen molar-refractivity contribution >= 4 is 21.9 Å². The average Bonchev–Trinajstić information content (AvgIpc) is 3.00. The second kappa shape index (κ2) is 3.68. The molecule has 3 heterocycles. The van der Waals surface area contributed by atoms with E-state index in [4.69, 9.17) is 0 Å². The molecular formula is C15H12N4. The van der Waals surface area contributed by atoms with Crippen LogP contribution in [0.5, 0.6) is 0 Å². The van der Waals surface area contributed by atoms with Crippen molar-refractivity contribution in [2.75, 3.05) is 0 Å². The fourth-order valence-corrected chi connectivity index (χ4v) is 2.57. The molecular weight excluding hydrogens is 236 g/mol. The average molecular weight is 248 g/mol. The minimum atomic E-state index is 0.880. The van der Waals surface area contributed by atoms with E-state index in [1.54, 1.807) is 6.20 Å². The van der Waals surface area contributed by atoms with E-state index in [-0.39, 0.29) is 0 Å². The molecule has 0 amide bonds. The summed E-state index contributed by atoms with van der Waals surface area (Å²) in [6, 6.07) is 12.4. The molecule has 4 rings (SSSR count). The molecule has 1 aromatic carbocycles. The van der Waals surface area contributed by atoms with Crippen molar-refractivity contribution in [3.05, 3.63) is 55.0 Å². The highest BCUT2D eigenvalue weighted by molar-refractivity contribution is 6.07. The SMILES string of the molecule is Cn1ccnc1-n1c2ccccc2c2cccnc21. The molecule has 0 aliphatic rings. The standard InChI is InChI=1S/C15H12N4/c1-18-10-9-17-15(18)19-13-7-3-2-5-11(13)12-6-4-8-16-14(12)19/h2-10H,1H3. The van der Waals surface area contributed by atoms with Crippen LogP contribution in [0.25, 0.3) is 27.9 Å². The maximum Gasteiger partial charge on any atom is 0.215 e. The number of para-hydroxylation sites is 1. The van der Waals surface area contributed by atoms with Crippen LogP contribution in [0.3, 0.4) is 0 Å². The largest absolute Gasteiger partial charge is 0.320 e. The van der Waals surface area contributed by atoms with E-state index in [2.05, 4.69) is 38.8 Å². The number of rotatable bonds is 1. The number of nitrogens with zero attached hydrogens (tertiary/aromatic N) is 4. The van der Waals surface area contributed by atoms with Crippen molar-refractivity contribution in [1.29, 1.82) is 0 Å². The molecule has 0 unspecified atom stereocenters. The first kappa shape index (κ1) is 10.3. The lowest BCUT2D eigenvalue weighted by atomic mass is 10.2. The van der Waals surface area contributed by atoms with Gasteiger partial charge in [0.25, 0.3) is 0 Å². The number of aromatic nitrogens is 4. The molecule has 0 atom stereocenters. The lowest BCUT2D eigenvalue weighted by molar-refractivity contribution is 0.842. The Morgan fingerprint density at radius 3 is 2.58 bits per heavy atom. The van der Waals surface area contributed by atoms with Gasteiger partial charge in [-0.3, -0.25) is 4.57 Å². The molecule has 0 radical (unpaired) electrons. The third-order valence-corrected chi connectivity index (χ3v) is 3.43. The van der Waals surface area contributed by atoms with Crippen molar-refractivity contribution in [3.8, 4) is 5.95 Å². The molecule has 0 bridgehead atoms. The zero-order valence-electron chi connectivity index (χ0n) is 10.5. The van der Waals surface area contributed by atoms with E-state index in [0.717, 1.165) is 22.5 Å². The number of imidazole rings is 1.